The van der Waals surface area contributed by atoms with Gasteiger partial charge in [-0.05, 0) is 18.6 Å². The van der Waals surface area contributed by atoms with Crippen LogP contribution in [0.25, 0.3) is 0 Å². The van der Waals surface area contributed by atoms with Crippen LogP contribution < -0.4 is 5.32 Å². The number of carbonyl (C=O) groups excluding carboxylic acids is 1. The van der Waals surface area contributed by atoms with Gasteiger partial charge in [0, 0.05) is 16.7 Å². The molecule has 2 unspecified atom stereocenters. The molecule has 1 heterocycles. The van der Waals surface area contributed by atoms with E-state index < -0.39 is 17.8 Å². The van der Waals surface area contributed by atoms with Crippen molar-refractivity contribution in [2.45, 2.75) is 28.8 Å². The van der Waals surface area contributed by atoms with E-state index in [0.717, 1.165) is 17.8 Å². The molecule has 1 aromatic carbocycles. The number of hydrogen-bond donors (Lipinski definition) is 1. The molecule has 2 atom stereocenters. The normalized spacial score (nSPS) is 22.8. The molecule has 110 valence electrons. The second kappa shape index (κ2) is 6.05. The van der Waals surface area contributed by atoms with Gasteiger partial charge in [0.25, 0.3) is 0 Å². The molecule has 0 spiro atoms. The predicted molar refractivity (Wildman–Crippen MR) is 69.5 cm³/mol. The number of esters is 1. The Morgan fingerprint density at radius 1 is 1.40 bits per heavy atom. The summed E-state index contributed by atoms with van der Waals surface area (Å²) < 4.78 is 43.3. The molecule has 0 aromatic heterocycles. The number of hydrogen-bond acceptors (Lipinski definition) is 4. The van der Waals surface area contributed by atoms with Crippen molar-refractivity contribution in [1.82, 2.24) is 5.32 Å². The van der Waals surface area contributed by atoms with Crippen LogP contribution in [0.5, 0.6) is 0 Å². The molecule has 1 aliphatic rings. The minimum Gasteiger partial charge on any atom is -0.468 e. The molecule has 2 rings (SSSR count). The topological polar surface area (TPSA) is 38.3 Å². The second-order valence-corrected chi connectivity index (χ2v) is 5.80. The summed E-state index contributed by atoms with van der Waals surface area (Å²) in [4.78, 5) is 11.6. The average molecular weight is 305 g/mol. The van der Waals surface area contributed by atoms with Crippen LogP contribution in [0.3, 0.4) is 0 Å². The number of nitrogens with one attached hydrogen (secondary N) is 1. The summed E-state index contributed by atoms with van der Waals surface area (Å²) in [6.45, 7) is 0.483. The summed E-state index contributed by atoms with van der Waals surface area (Å²) >= 11 is 1.15. The fraction of sp³-hybridized carbons (Fsp3) is 0.462. The van der Waals surface area contributed by atoms with Crippen molar-refractivity contribution in [3.05, 3.63) is 29.8 Å². The van der Waals surface area contributed by atoms with Gasteiger partial charge in [0.2, 0.25) is 0 Å². The molecule has 1 fully saturated rings. The van der Waals surface area contributed by atoms with E-state index in [1.54, 1.807) is 6.07 Å². The number of rotatable bonds is 3. The van der Waals surface area contributed by atoms with E-state index in [1.165, 1.54) is 19.2 Å². The average Bonchev–Trinajstić information content (AvgIpc) is 2.86. The van der Waals surface area contributed by atoms with Gasteiger partial charge in [0.1, 0.15) is 6.04 Å². The summed E-state index contributed by atoms with van der Waals surface area (Å²) in [5.41, 5.74) is -0.633. The Hall–Kier alpha value is -1.21. The van der Waals surface area contributed by atoms with E-state index in [1.807, 2.05) is 0 Å². The molecule has 0 aliphatic carbocycles. The maximum Gasteiger partial charge on any atom is 0.417 e. The largest absolute Gasteiger partial charge is 0.468 e. The Bertz CT molecular complexity index is 493. The molecule has 0 amide bonds. The zero-order valence-electron chi connectivity index (χ0n) is 10.7. The third-order valence-electron chi connectivity index (χ3n) is 3.06. The lowest BCUT2D eigenvalue weighted by molar-refractivity contribution is -0.142. The molecule has 0 bridgehead atoms. The predicted octanol–water partition coefficient (Wildman–Crippen LogP) is 2.70. The second-order valence-electron chi connectivity index (χ2n) is 4.45. The summed E-state index contributed by atoms with van der Waals surface area (Å²) in [5, 5.41) is 2.88. The van der Waals surface area contributed by atoms with Gasteiger partial charge >= 0.3 is 12.1 Å². The molecule has 1 N–H and O–H groups in total. The third-order valence-corrected chi connectivity index (χ3v) is 4.36. The highest BCUT2D eigenvalue weighted by molar-refractivity contribution is 8.00. The van der Waals surface area contributed by atoms with Gasteiger partial charge in [-0.3, -0.25) is 4.79 Å². The highest BCUT2D eigenvalue weighted by atomic mass is 32.2. The summed E-state index contributed by atoms with van der Waals surface area (Å²) in [7, 11) is 1.30. The van der Waals surface area contributed by atoms with Crippen molar-refractivity contribution in [2.75, 3.05) is 13.7 Å². The van der Waals surface area contributed by atoms with E-state index in [4.69, 9.17) is 0 Å². The van der Waals surface area contributed by atoms with Crippen LogP contribution in [0.4, 0.5) is 13.2 Å². The first kappa shape index (κ1) is 15.2. The van der Waals surface area contributed by atoms with Crippen LogP contribution in [0.2, 0.25) is 0 Å². The molecular formula is C13H14F3NO2S. The number of halogens is 3. The Labute approximate surface area is 118 Å². The van der Waals surface area contributed by atoms with E-state index in [0.29, 0.717) is 13.0 Å². The van der Waals surface area contributed by atoms with Gasteiger partial charge in [-0.25, -0.2) is 0 Å². The van der Waals surface area contributed by atoms with Crippen molar-refractivity contribution >= 4 is 17.7 Å². The number of benzene rings is 1. The number of alkyl halides is 3. The number of methoxy groups -OCH3 is 1. The molecule has 3 nitrogen and oxygen atoms in total. The lowest BCUT2D eigenvalue weighted by Crippen LogP contribution is -2.31. The van der Waals surface area contributed by atoms with Crippen LogP contribution >= 0.6 is 11.8 Å². The minimum absolute atomic E-state index is 0.0809. The van der Waals surface area contributed by atoms with E-state index in [9.17, 15) is 18.0 Å². The highest BCUT2D eigenvalue weighted by Crippen LogP contribution is 2.39. The van der Waals surface area contributed by atoms with E-state index in [-0.39, 0.29) is 16.1 Å². The monoisotopic (exact) mass is 305 g/mol. The molecule has 1 aliphatic heterocycles. The van der Waals surface area contributed by atoms with Crippen LogP contribution in [0.15, 0.2) is 29.2 Å². The lowest BCUT2D eigenvalue weighted by atomic mass is 10.2. The molecule has 1 saturated heterocycles. The maximum absolute atomic E-state index is 12.9. The highest BCUT2D eigenvalue weighted by Gasteiger charge is 2.36. The van der Waals surface area contributed by atoms with Crippen LogP contribution in [-0.4, -0.2) is 30.9 Å². The fourth-order valence-corrected chi connectivity index (χ4v) is 3.39. The number of ether oxygens (including phenoxy) is 1. The first-order valence-corrected chi connectivity index (χ1v) is 6.94. The number of thioether (sulfide) groups is 1. The molecule has 0 saturated carbocycles. The van der Waals surface area contributed by atoms with Gasteiger partial charge in [0.05, 0.1) is 12.7 Å². The lowest BCUT2D eigenvalue weighted by Gasteiger charge is -2.15. The van der Waals surface area contributed by atoms with Crippen LogP contribution in [0.1, 0.15) is 12.0 Å². The van der Waals surface area contributed by atoms with Gasteiger partial charge < -0.3 is 10.1 Å². The van der Waals surface area contributed by atoms with Crippen LogP contribution in [-0.2, 0) is 15.7 Å². The van der Waals surface area contributed by atoms with Crippen molar-refractivity contribution in [1.29, 1.82) is 0 Å². The van der Waals surface area contributed by atoms with Crippen molar-refractivity contribution in [2.24, 2.45) is 0 Å². The number of carbonyl (C=O) groups is 1. The third kappa shape index (κ3) is 3.46. The zero-order valence-corrected chi connectivity index (χ0v) is 11.6. The summed E-state index contributed by atoms with van der Waals surface area (Å²) in [6, 6.07) is 5.05. The Kier molecular flexibility index (Phi) is 4.59. The maximum atomic E-state index is 12.9. The molecule has 20 heavy (non-hydrogen) atoms. The summed E-state index contributed by atoms with van der Waals surface area (Å²) in [5.74, 6) is -0.378. The molecular weight excluding hydrogens is 291 g/mol. The molecule has 0 radical (unpaired) electrons. The SMILES string of the molecule is COC(=O)C1CC(Sc2ccccc2C(F)(F)F)CN1. The molecule has 1 aromatic rings. The van der Waals surface area contributed by atoms with Gasteiger partial charge in [-0.15, -0.1) is 11.8 Å². The standard InChI is InChI=1S/C13H14F3NO2S/c1-19-12(18)10-6-8(7-17-10)20-11-5-3-2-4-9(11)13(14,15)16/h2-5,8,10,17H,6-7H2,1H3. The van der Waals surface area contributed by atoms with Gasteiger partial charge in [-0.2, -0.15) is 13.2 Å². The minimum atomic E-state index is -4.36. The van der Waals surface area contributed by atoms with Gasteiger partial charge in [0.15, 0.2) is 0 Å². The quantitative estimate of drug-likeness (QED) is 0.872. The van der Waals surface area contributed by atoms with E-state index >= 15 is 0 Å². The smallest absolute Gasteiger partial charge is 0.417 e. The van der Waals surface area contributed by atoms with Crippen molar-refractivity contribution in [3.63, 3.8) is 0 Å². The van der Waals surface area contributed by atoms with E-state index in [2.05, 4.69) is 10.1 Å². The van der Waals surface area contributed by atoms with Crippen molar-refractivity contribution < 1.29 is 22.7 Å². The Morgan fingerprint density at radius 3 is 2.75 bits per heavy atom. The zero-order chi connectivity index (χ0) is 14.8. The Morgan fingerprint density at radius 2 is 2.10 bits per heavy atom. The van der Waals surface area contributed by atoms with Crippen molar-refractivity contribution in [3.8, 4) is 0 Å². The molecule has 7 heteroatoms. The fourth-order valence-electron chi connectivity index (χ4n) is 2.10. The first-order valence-electron chi connectivity index (χ1n) is 6.06. The van der Waals surface area contributed by atoms with Crippen LogP contribution in [0, 0.1) is 0 Å². The first-order chi connectivity index (χ1) is 9.41. The summed E-state index contributed by atoms with van der Waals surface area (Å²) in [6.07, 6.45) is -3.90. The van der Waals surface area contributed by atoms with Gasteiger partial charge in [-0.1, -0.05) is 12.1 Å². The Balaban J connectivity index is 2.07.